The number of hydrogen-bond acceptors (Lipinski definition) is 5. The van der Waals surface area contributed by atoms with Crippen LogP contribution in [0.1, 0.15) is 5.56 Å². The van der Waals surface area contributed by atoms with Crippen molar-refractivity contribution in [3.8, 4) is 11.5 Å². The van der Waals surface area contributed by atoms with Crippen LogP contribution in [0.25, 0.3) is 0 Å². The van der Waals surface area contributed by atoms with Gasteiger partial charge in [-0.2, -0.15) is 5.12 Å². The number of methoxy groups -OCH3 is 2. The highest BCUT2D eigenvalue weighted by atomic mass is 16.5. The van der Waals surface area contributed by atoms with E-state index in [0.29, 0.717) is 22.5 Å². The molecule has 16 heavy (non-hydrogen) atoms. The molecule has 0 radical (unpaired) electrons. The first-order valence-corrected chi connectivity index (χ1v) is 4.66. The lowest BCUT2D eigenvalue weighted by Crippen LogP contribution is -2.95. The monoisotopic (exact) mass is 220 g/mol. The second-order valence-corrected chi connectivity index (χ2v) is 3.12. The third kappa shape index (κ3) is 1.87. The van der Waals surface area contributed by atoms with E-state index in [1.165, 1.54) is 0 Å². The lowest BCUT2D eigenvalue weighted by Gasteiger charge is -2.07. The molecule has 6 nitrogen and oxygen atoms in total. The minimum atomic E-state index is 0.407. The van der Waals surface area contributed by atoms with Crippen LogP contribution in [0.5, 0.6) is 11.5 Å². The quantitative estimate of drug-likeness (QED) is 0.750. The molecule has 0 saturated carbocycles. The number of hydrogen-bond donors (Lipinski definition) is 1. The Balaban J connectivity index is 2.37. The van der Waals surface area contributed by atoms with E-state index in [1.807, 2.05) is 6.07 Å². The van der Waals surface area contributed by atoms with E-state index in [0.717, 1.165) is 5.56 Å². The van der Waals surface area contributed by atoms with Crippen LogP contribution in [0.15, 0.2) is 33.6 Å². The van der Waals surface area contributed by atoms with Gasteiger partial charge < -0.3 is 9.47 Å². The van der Waals surface area contributed by atoms with Gasteiger partial charge in [0, 0.05) is 10.8 Å². The summed E-state index contributed by atoms with van der Waals surface area (Å²) >= 11 is 0. The first-order valence-electron chi connectivity index (χ1n) is 4.66. The standard InChI is InChI=1S/C10H12N4O2/c1-14-12-10(11-13-14)7-4-5-8(15-2)9(6-7)16-3/h4-6,14H,1H2,2-3H3. The molecule has 0 amide bonds. The third-order valence-electron chi connectivity index (χ3n) is 2.14. The molecule has 2 rings (SSSR count). The zero-order valence-electron chi connectivity index (χ0n) is 9.10. The van der Waals surface area contributed by atoms with E-state index in [-0.39, 0.29) is 0 Å². The molecule has 1 aliphatic heterocycles. The fourth-order valence-corrected chi connectivity index (χ4v) is 1.37. The summed E-state index contributed by atoms with van der Waals surface area (Å²) in [7, 11) is 6.77. The molecule has 84 valence electrons. The van der Waals surface area contributed by atoms with Gasteiger partial charge in [-0.1, -0.05) is 17.3 Å². The summed E-state index contributed by atoms with van der Waals surface area (Å²) < 4.78 is 10.3. The average Bonchev–Trinajstić information content (AvgIpc) is 2.75. The second-order valence-electron chi connectivity index (χ2n) is 3.12. The molecule has 1 unspecified atom stereocenters. The van der Waals surface area contributed by atoms with Crippen molar-refractivity contribution in [1.29, 1.82) is 0 Å². The Kier molecular flexibility index (Phi) is 2.82. The van der Waals surface area contributed by atoms with Crippen molar-refractivity contribution in [1.82, 2.24) is 0 Å². The Morgan fingerprint density at radius 1 is 1.19 bits per heavy atom. The van der Waals surface area contributed by atoms with Crippen molar-refractivity contribution >= 4 is 5.84 Å². The van der Waals surface area contributed by atoms with Gasteiger partial charge in [0.2, 0.25) is 5.84 Å². The van der Waals surface area contributed by atoms with Crippen LogP contribution in [0, 0.1) is 7.05 Å². The maximum Gasteiger partial charge on any atom is 0.241 e. The zero-order chi connectivity index (χ0) is 11.5. The minimum absolute atomic E-state index is 0.407. The SMILES string of the molecule is [CH2-][NH+]1N=NC(c2ccc(OC)c(OC)c2)=N1. The van der Waals surface area contributed by atoms with Gasteiger partial charge in [-0.15, -0.1) is 0 Å². The van der Waals surface area contributed by atoms with Gasteiger partial charge in [-0.05, 0) is 18.2 Å². The van der Waals surface area contributed by atoms with Crippen molar-refractivity contribution in [2.75, 3.05) is 14.2 Å². The molecule has 6 heteroatoms. The molecule has 1 N–H and O–H groups in total. The maximum absolute atomic E-state index is 5.19. The molecule has 1 heterocycles. The van der Waals surface area contributed by atoms with Crippen LogP contribution in [0.2, 0.25) is 0 Å². The highest BCUT2D eigenvalue weighted by molar-refractivity contribution is 5.99. The van der Waals surface area contributed by atoms with Crippen LogP contribution in [-0.2, 0) is 0 Å². The first-order chi connectivity index (χ1) is 7.74. The number of nitrogens with one attached hydrogen (secondary N) is 1. The summed E-state index contributed by atoms with van der Waals surface area (Å²) in [6.07, 6.45) is 0. The smallest absolute Gasteiger partial charge is 0.241 e. The number of amidine groups is 1. The largest absolute Gasteiger partial charge is 0.493 e. The first kappa shape index (κ1) is 10.6. The maximum atomic E-state index is 5.19. The molecule has 0 fully saturated rings. The normalized spacial score (nSPS) is 18.4. The molecule has 0 saturated heterocycles. The van der Waals surface area contributed by atoms with Crippen LogP contribution < -0.4 is 14.6 Å². The van der Waals surface area contributed by atoms with Crippen molar-refractivity contribution in [2.24, 2.45) is 15.4 Å². The number of ether oxygens (including phenoxy) is 2. The molecule has 1 atom stereocenters. The van der Waals surface area contributed by atoms with Crippen molar-refractivity contribution in [3.05, 3.63) is 30.8 Å². The molecular weight excluding hydrogens is 208 g/mol. The summed E-state index contributed by atoms with van der Waals surface area (Å²) in [6.45, 7) is 0. The molecule has 0 aliphatic carbocycles. The van der Waals surface area contributed by atoms with E-state index >= 15 is 0 Å². The summed E-state index contributed by atoms with van der Waals surface area (Å²) in [5, 5.41) is 12.1. The van der Waals surface area contributed by atoms with E-state index in [1.54, 1.807) is 26.4 Å². The van der Waals surface area contributed by atoms with E-state index in [4.69, 9.17) is 9.47 Å². The van der Waals surface area contributed by atoms with Gasteiger partial charge in [0.25, 0.3) is 0 Å². The number of benzene rings is 1. The summed E-state index contributed by atoms with van der Waals surface area (Å²) in [6, 6.07) is 5.44. The van der Waals surface area contributed by atoms with Gasteiger partial charge >= 0.3 is 0 Å². The molecular formula is C10H12N4O2. The van der Waals surface area contributed by atoms with E-state index in [2.05, 4.69) is 22.5 Å². The minimum Gasteiger partial charge on any atom is -0.493 e. The van der Waals surface area contributed by atoms with Crippen molar-refractivity contribution in [2.45, 2.75) is 0 Å². The van der Waals surface area contributed by atoms with Crippen LogP contribution in [-0.4, -0.2) is 20.1 Å². The second kappa shape index (κ2) is 4.28. The van der Waals surface area contributed by atoms with Crippen LogP contribution in [0.3, 0.4) is 0 Å². The Hall–Kier alpha value is -1.95. The molecule has 1 aliphatic rings. The highest BCUT2D eigenvalue weighted by Gasteiger charge is 2.14. The summed E-state index contributed by atoms with van der Waals surface area (Å²) in [4.78, 5) is 0. The average molecular weight is 220 g/mol. The van der Waals surface area contributed by atoms with Crippen molar-refractivity contribution in [3.63, 3.8) is 0 Å². The van der Waals surface area contributed by atoms with Gasteiger partial charge in [0.1, 0.15) is 0 Å². The number of nitrogens with zero attached hydrogens (tertiary/aromatic N) is 3. The van der Waals surface area contributed by atoms with Crippen LogP contribution >= 0.6 is 0 Å². The summed E-state index contributed by atoms with van der Waals surface area (Å²) in [5.74, 6) is 1.84. The Morgan fingerprint density at radius 2 is 1.94 bits per heavy atom. The Labute approximate surface area is 93.2 Å². The van der Waals surface area contributed by atoms with Gasteiger partial charge in [0.05, 0.1) is 14.2 Å². The molecule has 0 aromatic heterocycles. The van der Waals surface area contributed by atoms with Gasteiger partial charge in [0.15, 0.2) is 11.5 Å². The number of rotatable bonds is 3. The Bertz CT molecular complexity index is 456. The van der Waals surface area contributed by atoms with Crippen LogP contribution in [0.4, 0.5) is 0 Å². The van der Waals surface area contributed by atoms with E-state index < -0.39 is 0 Å². The third-order valence-corrected chi connectivity index (χ3v) is 2.14. The highest BCUT2D eigenvalue weighted by Crippen LogP contribution is 2.27. The topological polar surface area (TPSA) is 60.0 Å². The lowest BCUT2D eigenvalue weighted by atomic mass is 10.2. The van der Waals surface area contributed by atoms with Crippen molar-refractivity contribution < 1.29 is 14.6 Å². The fourth-order valence-electron chi connectivity index (χ4n) is 1.37. The van der Waals surface area contributed by atoms with Gasteiger partial charge in [-0.3, -0.25) is 0 Å². The summed E-state index contributed by atoms with van der Waals surface area (Å²) in [5.41, 5.74) is 0.819. The Morgan fingerprint density at radius 3 is 2.50 bits per heavy atom. The number of quaternary nitrogens is 1. The van der Waals surface area contributed by atoms with Gasteiger partial charge in [-0.25, -0.2) is 0 Å². The molecule has 0 bridgehead atoms. The predicted molar refractivity (Wildman–Crippen MR) is 57.3 cm³/mol. The predicted octanol–water partition coefficient (Wildman–Crippen LogP) is 0.423. The fraction of sp³-hybridized carbons (Fsp3) is 0.200. The molecule has 1 aromatic rings. The molecule has 1 aromatic carbocycles. The van der Waals surface area contributed by atoms with E-state index in [9.17, 15) is 0 Å². The lowest BCUT2D eigenvalue weighted by molar-refractivity contribution is -0.868. The molecule has 0 spiro atoms. The zero-order valence-corrected chi connectivity index (χ0v) is 9.10.